The Kier molecular flexibility index (Phi) is 5.26. The summed E-state index contributed by atoms with van der Waals surface area (Å²) in [6.07, 6.45) is 0. The Bertz CT molecular complexity index is 622. The van der Waals surface area contributed by atoms with Crippen LogP contribution in [0.25, 0.3) is 0 Å². The van der Waals surface area contributed by atoms with Gasteiger partial charge in [0.15, 0.2) is 0 Å². The van der Waals surface area contributed by atoms with Crippen molar-refractivity contribution in [1.82, 2.24) is 0 Å². The van der Waals surface area contributed by atoms with E-state index < -0.39 is 0 Å². The highest BCUT2D eigenvalue weighted by molar-refractivity contribution is 5.26. The largest absolute Gasteiger partial charge is 0.497 e. The standard InChI is InChI=1S/C19H23FN2O/c1-23-19-7-5-16(6-8-19)14-21-9-11-22(12-10-21)15-17-3-2-4-18(20)13-17/h2-8,13H,9-12,14-15H2,1H3/p+2. The molecule has 1 saturated heterocycles. The number of nitrogens with one attached hydrogen (secondary N) is 2. The highest BCUT2D eigenvalue weighted by Crippen LogP contribution is 2.10. The number of piperazine rings is 1. The summed E-state index contributed by atoms with van der Waals surface area (Å²) < 4.78 is 18.5. The summed E-state index contributed by atoms with van der Waals surface area (Å²) in [4.78, 5) is 3.17. The Labute approximate surface area is 137 Å². The molecule has 1 aliphatic heterocycles. The summed E-state index contributed by atoms with van der Waals surface area (Å²) >= 11 is 0. The quantitative estimate of drug-likeness (QED) is 0.813. The SMILES string of the molecule is COc1ccc(C[NH+]2CC[NH+](Cc3cccc(F)c3)CC2)cc1. The minimum absolute atomic E-state index is 0.134. The smallest absolute Gasteiger partial charge is 0.127 e. The molecule has 2 aromatic rings. The Hall–Kier alpha value is -1.91. The molecule has 0 unspecified atom stereocenters. The fourth-order valence-electron chi connectivity index (χ4n) is 3.28. The molecule has 0 atom stereocenters. The lowest BCUT2D eigenvalue weighted by molar-refractivity contribution is -1.02. The zero-order valence-corrected chi connectivity index (χ0v) is 13.6. The van der Waals surface area contributed by atoms with Gasteiger partial charge in [-0.15, -0.1) is 0 Å². The topological polar surface area (TPSA) is 18.1 Å². The molecule has 4 heteroatoms. The second-order valence-corrected chi connectivity index (χ2v) is 6.33. The fourth-order valence-corrected chi connectivity index (χ4v) is 3.28. The molecule has 122 valence electrons. The average molecular weight is 316 g/mol. The highest BCUT2D eigenvalue weighted by atomic mass is 19.1. The van der Waals surface area contributed by atoms with Gasteiger partial charge in [-0.1, -0.05) is 12.1 Å². The third-order valence-corrected chi connectivity index (χ3v) is 4.62. The summed E-state index contributed by atoms with van der Waals surface area (Å²) in [5.41, 5.74) is 2.45. The molecule has 1 fully saturated rings. The van der Waals surface area contributed by atoms with Crippen LogP contribution in [0.2, 0.25) is 0 Å². The van der Waals surface area contributed by atoms with Crippen molar-refractivity contribution in [2.75, 3.05) is 33.3 Å². The predicted octanol–water partition coefficient (Wildman–Crippen LogP) is 0.318. The van der Waals surface area contributed by atoms with E-state index in [-0.39, 0.29) is 5.82 Å². The maximum absolute atomic E-state index is 13.3. The van der Waals surface area contributed by atoms with Gasteiger partial charge in [-0.3, -0.25) is 0 Å². The summed E-state index contributed by atoms with van der Waals surface area (Å²) in [5.74, 6) is 0.777. The van der Waals surface area contributed by atoms with Gasteiger partial charge in [-0.2, -0.15) is 0 Å². The van der Waals surface area contributed by atoms with E-state index in [4.69, 9.17) is 4.74 Å². The molecular weight excluding hydrogens is 291 g/mol. The second-order valence-electron chi connectivity index (χ2n) is 6.33. The number of rotatable bonds is 5. The van der Waals surface area contributed by atoms with Crippen LogP contribution in [-0.2, 0) is 13.1 Å². The van der Waals surface area contributed by atoms with Crippen molar-refractivity contribution in [3.8, 4) is 5.75 Å². The van der Waals surface area contributed by atoms with Crippen LogP contribution >= 0.6 is 0 Å². The van der Waals surface area contributed by atoms with E-state index >= 15 is 0 Å². The molecule has 0 spiro atoms. The molecule has 0 bridgehead atoms. The zero-order valence-electron chi connectivity index (χ0n) is 13.6. The highest BCUT2D eigenvalue weighted by Gasteiger charge is 2.23. The molecule has 0 amide bonds. The first-order valence-corrected chi connectivity index (χ1v) is 8.27. The van der Waals surface area contributed by atoms with Crippen molar-refractivity contribution < 1.29 is 18.9 Å². The van der Waals surface area contributed by atoms with E-state index in [1.165, 1.54) is 11.6 Å². The zero-order chi connectivity index (χ0) is 16.1. The lowest BCUT2D eigenvalue weighted by Gasteiger charge is -2.29. The maximum Gasteiger partial charge on any atom is 0.127 e. The molecule has 0 aliphatic carbocycles. The van der Waals surface area contributed by atoms with Crippen molar-refractivity contribution in [3.63, 3.8) is 0 Å². The fraction of sp³-hybridized carbons (Fsp3) is 0.368. The lowest BCUT2D eigenvalue weighted by atomic mass is 10.1. The molecule has 0 saturated carbocycles. The molecular formula is C19H25FN2O+2. The molecule has 0 aromatic heterocycles. The average Bonchev–Trinajstić information content (AvgIpc) is 2.57. The van der Waals surface area contributed by atoms with Gasteiger partial charge in [0.2, 0.25) is 0 Å². The molecule has 1 heterocycles. The molecule has 2 aromatic carbocycles. The number of methoxy groups -OCH3 is 1. The van der Waals surface area contributed by atoms with E-state index in [2.05, 4.69) is 12.1 Å². The Morgan fingerprint density at radius 2 is 1.48 bits per heavy atom. The van der Waals surface area contributed by atoms with Gasteiger partial charge < -0.3 is 14.5 Å². The number of quaternary nitrogens is 2. The van der Waals surface area contributed by atoms with E-state index in [1.54, 1.807) is 29.0 Å². The van der Waals surface area contributed by atoms with Crippen molar-refractivity contribution in [2.45, 2.75) is 13.1 Å². The van der Waals surface area contributed by atoms with Gasteiger partial charge in [0.05, 0.1) is 7.11 Å². The van der Waals surface area contributed by atoms with Crippen molar-refractivity contribution >= 4 is 0 Å². The number of ether oxygens (including phenoxy) is 1. The van der Waals surface area contributed by atoms with Crippen LogP contribution in [0.3, 0.4) is 0 Å². The van der Waals surface area contributed by atoms with Crippen LogP contribution in [0.15, 0.2) is 48.5 Å². The summed E-state index contributed by atoms with van der Waals surface area (Å²) in [5, 5.41) is 0. The van der Waals surface area contributed by atoms with Gasteiger partial charge in [-0.05, 0) is 36.4 Å². The van der Waals surface area contributed by atoms with Gasteiger partial charge in [-0.25, -0.2) is 4.39 Å². The molecule has 23 heavy (non-hydrogen) atoms. The first kappa shape index (κ1) is 16.0. The number of hydrogen-bond donors (Lipinski definition) is 2. The van der Waals surface area contributed by atoms with E-state index in [1.807, 2.05) is 18.2 Å². The van der Waals surface area contributed by atoms with Crippen LogP contribution in [-0.4, -0.2) is 33.3 Å². The van der Waals surface area contributed by atoms with Crippen LogP contribution in [0.1, 0.15) is 11.1 Å². The first-order valence-electron chi connectivity index (χ1n) is 8.27. The van der Waals surface area contributed by atoms with Crippen LogP contribution in [0.5, 0.6) is 5.75 Å². The monoisotopic (exact) mass is 316 g/mol. The maximum atomic E-state index is 13.3. The number of halogens is 1. The summed E-state index contributed by atoms with van der Waals surface area (Å²) in [6, 6.07) is 15.3. The van der Waals surface area contributed by atoms with Crippen LogP contribution in [0.4, 0.5) is 4.39 Å². The molecule has 0 radical (unpaired) electrons. The van der Waals surface area contributed by atoms with Crippen LogP contribution < -0.4 is 14.5 Å². The Morgan fingerprint density at radius 1 is 0.870 bits per heavy atom. The van der Waals surface area contributed by atoms with E-state index in [0.29, 0.717) is 0 Å². The molecule has 1 aliphatic rings. The predicted molar refractivity (Wildman–Crippen MR) is 88.2 cm³/mol. The van der Waals surface area contributed by atoms with Crippen molar-refractivity contribution in [2.24, 2.45) is 0 Å². The Morgan fingerprint density at radius 3 is 2.04 bits per heavy atom. The number of benzene rings is 2. The lowest BCUT2D eigenvalue weighted by Crippen LogP contribution is -3.27. The van der Waals surface area contributed by atoms with Gasteiger partial charge in [0, 0.05) is 11.1 Å². The van der Waals surface area contributed by atoms with E-state index in [9.17, 15) is 4.39 Å². The van der Waals surface area contributed by atoms with Crippen molar-refractivity contribution in [3.05, 3.63) is 65.5 Å². The normalized spacial score (nSPS) is 21.1. The van der Waals surface area contributed by atoms with E-state index in [0.717, 1.165) is 50.6 Å². The van der Waals surface area contributed by atoms with Crippen LogP contribution in [0, 0.1) is 5.82 Å². The minimum Gasteiger partial charge on any atom is -0.497 e. The molecule has 3 rings (SSSR count). The first-order chi connectivity index (χ1) is 11.2. The molecule has 3 nitrogen and oxygen atoms in total. The van der Waals surface area contributed by atoms with Crippen molar-refractivity contribution in [1.29, 1.82) is 0 Å². The third-order valence-electron chi connectivity index (χ3n) is 4.62. The second kappa shape index (κ2) is 7.57. The van der Waals surface area contributed by atoms with Gasteiger partial charge in [0.1, 0.15) is 50.8 Å². The van der Waals surface area contributed by atoms with Gasteiger partial charge >= 0.3 is 0 Å². The minimum atomic E-state index is -0.134. The summed E-state index contributed by atoms with van der Waals surface area (Å²) in [7, 11) is 1.70. The van der Waals surface area contributed by atoms with Gasteiger partial charge in [0.25, 0.3) is 0 Å². The Balaban J connectivity index is 1.48. The molecule has 2 N–H and O–H groups in total. The summed E-state index contributed by atoms with van der Waals surface area (Å²) in [6.45, 7) is 6.60. The third kappa shape index (κ3) is 4.53. The number of hydrogen-bond acceptors (Lipinski definition) is 1.